The topological polar surface area (TPSA) is 76.2 Å². The first-order valence-electron chi connectivity index (χ1n) is 8.24. The van der Waals surface area contributed by atoms with E-state index in [1.807, 2.05) is 40.1 Å². The zero-order valence-electron chi connectivity index (χ0n) is 15.0. The van der Waals surface area contributed by atoms with Crippen molar-refractivity contribution < 1.29 is 9.21 Å². The van der Waals surface area contributed by atoms with E-state index in [2.05, 4.69) is 20.3 Å². The van der Waals surface area contributed by atoms with Crippen molar-refractivity contribution in [2.24, 2.45) is 0 Å². The van der Waals surface area contributed by atoms with Crippen LogP contribution in [0.3, 0.4) is 0 Å². The molecule has 0 unspecified atom stereocenters. The fourth-order valence-corrected chi connectivity index (χ4v) is 2.63. The van der Waals surface area contributed by atoms with Crippen LogP contribution in [0.2, 0.25) is 0 Å². The summed E-state index contributed by atoms with van der Waals surface area (Å²) >= 11 is 0. The van der Waals surface area contributed by atoms with E-state index in [4.69, 9.17) is 4.42 Å². The Hall–Kier alpha value is -2.67. The minimum Gasteiger partial charge on any atom is -0.464 e. The molecule has 1 N–H and O–H groups in total. The van der Waals surface area contributed by atoms with Crippen LogP contribution in [-0.2, 0) is 17.8 Å². The molecule has 132 valence electrons. The zero-order chi connectivity index (χ0) is 18.0. The van der Waals surface area contributed by atoms with Gasteiger partial charge in [-0.05, 0) is 39.1 Å². The molecule has 2 aromatic heterocycles. The van der Waals surface area contributed by atoms with Crippen LogP contribution in [0.4, 0.5) is 5.95 Å². The van der Waals surface area contributed by atoms with Gasteiger partial charge in [-0.15, -0.1) is 5.10 Å². The van der Waals surface area contributed by atoms with Crippen molar-refractivity contribution in [1.29, 1.82) is 0 Å². The van der Waals surface area contributed by atoms with Crippen LogP contribution in [0.5, 0.6) is 0 Å². The number of furan rings is 1. The van der Waals surface area contributed by atoms with E-state index in [9.17, 15) is 4.79 Å². The minimum atomic E-state index is -0.161. The summed E-state index contributed by atoms with van der Waals surface area (Å²) in [6, 6.07) is 4.04. The average Bonchev–Trinajstić information content (AvgIpc) is 3.16. The molecule has 0 aliphatic rings. The second kappa shape index (κ2) is 7.06. The average molecular weight is 341 g/mol. The van der Waals surface area contributed by atoms with Gasteiger partial charge in [0, 0.05) is 17.5 Å². The molecule has 3 rings (SSSR count). The summed E-state index contributed by atoms with van der Waals surface area (Å²) in [6.07, 6.45) is 3.50. The molecule has 1 aromatic carbocycles. The molecule has 25 heavy (non-hydrogen) atoms. The number of aryl methyl sites for hydroxylation is 2. The fraction of sp³-hybridized carbons (Fsp3) is 0.389. The molecule has 1 amide bonds. The van der Waals surface area contributed by atoms with E-state index in [0.717, 1.165) is 35.2 Å². The molecule has 7 heteroatoms. The van der Waals surface area contributed by atoms with Crippen LogP contribution >= 0.6 is 0 Å². The molecule has 0 saturated heterocycles. The van der Waals surface area contributed by atoms with Crippen LogP contribution in [0, 0.1) is 13.8 Å². The molecule has 0 radical (unpaired) electrons. The minimum absolute atomic E-state index is 0.161. The number of carbonyl (C=O) groups is 1. The van der Waals surface area contributed by atoms with Gasteiger partial charge in [0.25, 0.3) is 0 Å². The molecule has 0 saturated carbocycles. The summed E-state index contributed by atoms with van der Waals surface area (Å²) in [5.41, 5.74) is 3.98. The first kappa shape index (κ1) is 17.2. The molecule has 7 nitrogen and oxygen atoms in total. The van der Waals surface area contributed by atoms with Crippen molar-refractivity contribution in [2.45, 2.75) is 26.8 Å². The molecule has 3 aromatic rings. The summed E-state index contributed by atoms with van der Waals surface area (Å²) < 4.78 is 7.37. The number of benzene rings is 1. The third-order valence-corrected chi connectivity index (χ3v) is 4.26. The summed E-state index contributed by atoms with van der Waals surface area (Å²) in [5.74, 6) is 0.162. The van der Waals surface area contributed by atoms with Gasteiger partial charge >= 0.3 is 0 Å². The van der Waals surface area contributed by atoms with E-state index >= 15 is 0 Å². The normalized spacial score (nSPS) is 11.4. The lowest BCUT2D eigenvalue weighted by Crippen LogP contribution is -2.19. The predicted octanol–water partition coefficient (Wildman–Crippen LogP) is 2.38. The maximum atomic E-state index is 12.3. The second-order valence-electron chi connectivity index (χ2n) is 6.50. The number of amides is 1. The van der Waals surface area contributed by atoms with E-state index < -0.39 is 0 Å². The number of rotatable bonds is 6. The van der Waals surface area contributed by atoms with Crippen molar-refractivity contribution in [3.8, 4) is 0 Å². The zero-order valence-corrected chi connectivity index (χ0v) is 15.0. The van der Waals surface area contributed by atoms with Crippen molar-refractivity contribution in [3.05, 3.63) is 41.4 Å². The molecule has 0 bridgehead atoms. The highest BCUT2D eigenvalue weighted by atomic mass is 16.3. The van der Waals surface area contributed by atoms with Crippen LogP contribution < -0.4 is 5.32 Å². The molecule has 2 heterocycles. The number of likely N-dealkylation sites (N-methyl/N-ethyl adjacent to an activating group) is 1. The summed E-state index contributed by atoms with van der Waals surface area (Å²) in [5, 5.41) is 7.98. The maximum absolute atomic E-state index is 12.3. The van der Waals surface area contributed by atoms with Crippen LogP contribution in [0.25, 0.3) is 11.0 Å². The van der Waals surface area contributed by atoms with E-state index in [1.165, 1.54) is 5.56 Å². The van der Waals surface area contributed by atoms with Gasteiger partial charge in [-0.2, -0.15) is 0 Å². The number of nitrogens with zero attached hydrogens (tertiary/aromatic N) is 4. The van der Waals surface area contributed by atoms with E-state index in [-0.39, 0.29) is 12.3 Å². The molecule has 0 spiro atoms. The number of carbonyl (C=O) groups excluding carboxylic acids is 1. The Bertz CT molecular complexity index is 894. The predicted molar refractivity (Wildman–Crippen MR) is 96.6 cm³/mol. The summed E-state index contributed by atoms with van der Waals surface area (Å²) in [7, 11) is 4.00. The number of anilines is 1. The largest absolute Gasteiger partial charge is 0.464 e. The number of hydrogen-bond acceptors (Lipinski definition) is 5. The van der Waals surface area contributed by atoms with E-state index in [0.29, 0.717) is 5.95 Å². The lowest BCUT2D eigenvalue weighted by Gasteiger charge is -2.08. The smallest absolute Gasteiger partial charge is 0.248 e. The van der Waals surface area contributed by atoms with Crippen molar-refractivity contribution in [1.82, 2.24) is 19.7 Å². The second-order valence-corrected chi connectivity index (χ2v) is 6.50. The Morgan fingerprint density at radius 2 is 2.12 bits per heavy atom. The molecular weight excluding hydrogens is 318 g/mol. The van der Waals surface area contributed by atoms with Gasteiger partial charge in [0.1, 0.15) is 11.9 Å². The maximum Gasteiger partial charge on any atom is 0.248 e. The molecule has 0 fully saturated rings. The lowest BCUT2D eigenvalue weighted by molar-refractivity contribution is -0.115. The molecule has 0 atom stereocenters. The first-order valence-corrected chi connectivity index (χ1v) is 8.24. The summed E-state index contributed by atoms with van der Waals surface area (Å²) in [6.45, 7) is 5.65. The van der Waals surface area contributed by atoms with Gasteiger partial charge < -0.3 is 9.32 Å². The summed E-state index contributed by atoms with van der Waals surface area (Å²) in [4.78, 5) is 18.5. The molecule has 0 aliphatic heterocycles. The fourth-order valence-electron chi connectivity index (χ4n) is 2.63. The van der Waals surface area contributed by atoms with Gasteiger partial charge in [0.15, 0.2) is 0 Å². The standard InChI is InChI=1S/C18H23N5O2/c1-12-5-6-15-14(10-25-17(15)13(12)2)9-16(24)20-18-19-11-23(21-18)8-7-22(3)4/h5-6,10-11H,7-9H2,1-4H3,(H,20,21,24). The Kier molecular flexibility index (Phi) is 4.85. The van der Waals surface area contributed by atoms with Crippen molar-refractivity contribution in [3.63, 3.8) is 0 Å². The highest BCUT2D eigenvalue weighted by molar-refractivity contribution is 5.94. The van der Waals surface area contributed by atoms with Crippen molar-refractivity contribution in [2.75, 3.05) is 26.0 Å². The van der Waals surface area contributed by atoms with Gasteiger partial charge in [-0.1, -0.05) is 12.1 Å². The third-order valence-electron chi connectivity index (χ3n) is 4.26. The number of nitrogens with one attached hydrogen (secondary N) is 1. The van der Waals surface area contributed by atoms with Gasteiger partial charge in [0.2, 0.25) is 11.9 Å². The highest BCUT2D eigenvalue weighted by Crippen LogP contribution is 2.26. The van der Waals surface area contributed by atoms with Crippen LogP contribution in [0.15, 0.2) is 29.1 Å². The van der Waals surface area contributed by atoms with E-state index in [1.54, 1.807) is 17.3 Å². The number of aromatic nitrogens is 3. The Balaban J connectivity index is 1.66. The SMILES string of the molecule is Cc1ccc2c(CC(=O)Nc3ncn(CCN(C)C)n3)coc2c1C. The van der Waals surface area contributed by atoms with Crippen LogP contribution in [0.1, 0.15) is 16.7 Å². The number of hydrogen-bond donors (Lipinski definition) is 1. The lowest BCUT2D eigenvalue weighted by atomic mass is 10.0. The first-order chi connectivity index (χ1) is 11.9. The van der Waals surface area contributed by atoms with Gasteiger partial charge in [0.05, 0.1) is 19.2 Å². The van der Waals surface area contributed by atoms with Gasteiger partial charge in [-0.25, -0.2) is 9.67 Å². The van der Waals surface area contributed by atoms with Crippen molar-refractivity contribution >= 4 is 22.8 Å². The Morgan fingerprint density at radius 3 is 2.88 bits per heavy atom. The molecular formula is C18H23N5O2. The quantitative estimate of drug-likeness (QED) is 0.745. The Morgan fingerprint density at radius 1 is 1.32 bits per heavy atom. The molecule has 0 aliphatic carbocycles. The Labute approximate surface area is 146 Å². The number of fused-ring (bicyclic) bond motifs is 1. The van der Waals surface area contributed by atoms with Gasteiger partial charge in [-0.3, -0.25) is 10.1 Å². The highest BCUT2D eigenvalue weighted by Gasteiger charge is 2.14. The third kappa shape index (κ3) is 3.88. The monoisotopic (exact) mass is 341 g/mol. The van der Waals surface area contributed by atoms with Crippen LogP contribution in [-0.4, -0.2) is 46.2 Å².